The van der Waals surface area contributed by atoms with Gasteiger partial charge in [-0.15, -0.1) is 0 Å². The highest BCUT2D eigenvalue weighted by molar-refractivity contribution is 6.01. The van der Waals surface area contributed by atoms with Gasteiger partial charge in [0.1, 0.15) is 29.8 Å². The van der Waals surface area contributed by atoms with Crippen molar-refractivity contribution in [3.05, 3.63) is 71.2 Å². The molecule has 1 aliphatic heterocycles. The van der Waals surface area contributed by atoms with E-state index >= 15 is 0 Å². The zero-order chi connectivity index (χ0) is 25.6. The van der Waals surface area contributed by atoms with Crippen LogP contribution in [0, 0.1) is 17.7 Å². The number of ether oxygens (including phenoxy) is 1. The van der Waals surface area contributed by atoms with Gasteiger partial charge in [-0.2, -0.15) is 0 Å². The van der Waals surface area contributed by atoms with E-state index in [1.165, 1.54) is 29.4 Å². The number of hydrogen-bond donors (Lipinski definition) is 3. The Morgan fingerprint density at radius 3 is 2.71 bits per heavy atom. The van der Waals surface area contributed by atoms with Gasteiger partial charge in [0.25, 0.3) is 5.91 Å². The SMILES string of the molecule is CN1C(=O)[C@@H](NC(=O)/N=C/C(=C\N)Cc2ccc(F)cc2)COc2ccc(C#CC(C)(C)O)cc21. The number of benzene rings is 2. The molecule has 0 aromatic heterocycles. The van der Waals surface area contributed by atoms with Gasteiger partial charge in [0.05, 0.1) is 5.69 Å². The van der Waals surface area contributed by atoms with Crippen LogP contribution in [0.1, 0.15) is 25.0 Å². The lowest BCUT2D eigenvalue weighted by Crippen LogP contribution is -2.48. The molecule has 0 radical (unpaired) electrons. The summed E-state index contributed by atoms with van der Waals surface area (Å²) >= 11 is 0. The van der Waals surface area contributed by atoms with E-state index in [4.69, 9.17) is 10.5 Å². The number of carbonyl (C=O) groups is 2. The summed E-state index contributed by atoms with van der Waals surface area (Å²) in [5.74, 6) is 5.32. The van der Waals surface area contributed by atoms with Gasteiger partial charge in [-0.1, -0.05) is 24.0 Å². The van der Waals surface area contributed by atoms with Gasteiger partial charge in [-0.25, -0.2) is 14.2 Å². The molecule has 0 saturated heterocycles. The Morgan fingerprint density at radius 2 is 2.06 bits per heavy atom. The fourth-order valence-electron chi connectivity index (χ4n) is 3.22. The summed E-state index contributed by atoms with van der Waals surface area (Å²) in [6, 6.07) is 9.29. The van der Waals surface area contributed by atoms with Crippen LogP contribution >= 0.6 is 0 Å². The van der Waals surface area contributed by atoms with Gasteiger partial charge in [0, 0.05) is 25.2 Å². The van der Waals surface area contributed by atoms with Crippen LogP contribution in [-0.2, 0) is 11.2 Å². The van der Waals surface area contributed by atoms with Crippen molar-refractivity contribution in [1.29, 1.82) is 0 Å². The Hall–Kier alpha value is -4.16. The summed E-state index contributed by atoms with van der Waals surface area (Å²) in [5.41, 5.74) is 6.90. The van der Waals surface area contributed by atoms with Crippen molar-refractivity contribution in [1.82, 2.24) is 5.32 Å². The van der Waals surface area contributed by atoms with Crippen molar-refractivity contribution in [3.8, 4) is 17.6 Å². The topological polar surface area (TPSA) is 117 Å². The molecule has 2 aromatic rings. The number of urea groups is 1. The number of fused-ring (bicyclic) bond motifs is 1. The first-order valence-electron chi connectivity index (χ1n) is 10.9. The van der Waals surface area contributed by atoms with Gasteiger partial charge < -0.3 is 25.8 Å². The van der Waals surface area contributed by atoms with E-state index in [0.717, 1.165) is 5.56 Å². The van der Waals surface area contributed by atoms with Crippen molar-refractivity contribution < 1.29 is 23.8 Å². The third kappa shape index (κ3) is 7.16. The predicted octanol–water partition coefficient (Wildman–Crippen LogP) is 2.54. The molecule has 0 aliphatic carbocycles. The maximum absolute atomic E-state index is 13.1. The summed E-state index contributed by atoms with van der Waals surface area (Å²) < 4.78 is 18.8. The molecule has 0 saturated carbocycles. The van der Waals surface area contributed by atoms with Crippen LogP contribution in [0.4, 0.5) is 14.9 Å². The molecule has 0 fully saturated rings. The Morgan fingerprint density at radius 1 is 1.34 bits per heavy atom. The molecule has 0 bridgehead atoms. The first kappa shape index (κ1) is 25.5. The smallest absolute Gasteiger partial charge is 0.341 e. The molecule has 8 nitrogen and oxygen atoms in total. The van der Waals surface area contributed by atoms with Gasteiger partial charge >= 0.3 is 6.03 Å². The third-order valence-electron chi connectivity index (χ3n) is 5.05. The number of allylic oxidation sites excluding steroid dienone is 1. The van der Waals surface area contributed by atoms with E-state index in [-0.39, 0.29) is 18.3 Å². The number of nitrogens with zero attached hydrogens (tertiary/aromatic N) is 2. The van der Waals surface area contributed by atoms with Crippen LogP contribution in [0.25, 0.3) is 0 Å². The molecule has 0 unspecified atom stereocenters. The molecule has 1 heterocycles. The third-order valence-corrected chi connectivity index (χ3v) is 5.05. The van der Waals surface area contributed by atoms with Gasteiger partial charge in [0.15, 0.2) is 0 Å². The summed E-state index contributed by atoms with van der Waals surface area (Å²) in [7, 11) is 1.57. The van der Waals surface area contributed by atoms with E-state index in [1.54, 1.807) is 51.2 Å². The van der Waals surface area contributed by atoms with E-state index < -0.39 is 17.7 Å². The second-order valence-corrected chi connectivity index (χ2v) is 8.50. The van der Waals surface area contributed by atoms with Gasteiger partial charge in [0.2, 0.25) is 0 Å². The Balaban J connectivity index is 1.67. The van der Waals surface area contributed by atoms with E-state index in [2.05, 4.69) is 22.2 Å². The largest absolute Gasteiger partial charge is 0.489 e. The fourth-order valence-corrected chi connectivity index (χ4v) is 3.22. The number of nitrogens with two attached hydrogens (primary N) is 1. The number of aliphatic imine (C=N–C) groups is 1. The highest BCUT2D eigenvalue weighted by Crippen LogP contribution is 2.31. The summed E-state index contributed by atoms with van der Waals surface area (Å²) in [4.78, 5) is 30.6. The number of nitrogens with one attached hydrogen (secondary N) is 1. The second-order valence-electron chi connectivity index (χ2n) is 8.50. The molecule has 2 aromatic carbocycles. The van der Waals surface area contributed by atoms with Crippen LogP contribution in [0.5, 0.6) is 5.75 Å². The van der Waals surface area contributed by atoms with Crippen molar-refractivity contribution in [2.75, 3.05) is 18.6 Å². The molecular weight excluding hydrogens is 451 g/mol. The number of likely N-dealkylation sites (N-methyl/N-ethyl adjacent to an activating group) is 1. The first-order valence-corrected chi connectivity index (χ1v) is 10.9. The maximum atomic E-state index is 13.1. The molecule has 1 aliphatic rings. The summed E-state index contributed by atoms with van der Waals surface area (Å²) in [6.45, 7) is 3.07. The highest BCUT2D eigenvalue weighted by atomic mass is 19.1. The number of carbonyl (C=O) groups excluding carboxylic acids is 2. The van der Waals surface area contributed by atoms with E-state index in [1.807, 2.05) is 0 Å². The number of aliphatic hydroxyl groups is 1. The molecule has 9 heteroatoms. The molecular formula is C26H27FN4O4. The minimum Gasteiger partial charge on any atom is -0.489 e. The normalized spacial score (nSPS) is 16.1. The minimum absolute atomic E-state index is 0.0820. The lowest BCUT2D eigenvalue weighted by molar-refractivity contribution is -0.120. The molecule has 3 rings (SSSR count). The molecule has 35 heavy (non-hydrogen) atoms. The van der Waals surface area contributed by atoms with Gasteiger partial charge in [-0.05, 0) is 61.5 Å². The van der Waals surface area contributed by atoms with Crippen LogP contribution in [0.2, 0.25) is 0 Å². The molecule has 0 spiro atoms. The number of halogens is 1. The van der Waals surface area contributed by atoms with E-state index in [9.17, 15) is 19.1 Å². The van der Waals surface area contributed by atoms with Crippen molar-refractivity contribution in [2.24, 2.45) is 10.7 Å². The summed E-state index contributed by atoms with van der Waals surface area (Å²) in [6.07, 6.45) is 2.96. The molecule has 3 amide bonds. The minimum atomic E-state index is -1.15. The number of rotatable bonds is 4. The van der Waals surface area contributed by atoms with Crippen molar-refractivity contribution >= 4 is 23.8 Å². The standard InChI is InChI=1S/C26H27FN4O4/c1-26(2,34)11-10-18-6-9-23-22(13-18)31(3)24(32)21(16-35-23)30-25(33)29-15-19(14-28)12-17-4-7-20(27)8-5-17/h4-9,13-15,21,34H,12,16,28H2,1-3H3,(H,30,33)/b19-14-,29-15+/t21-/m0/s1. The quantitative estimate of drug-likeness (QED) is 0.461. The highest BCUT2D eigenvalue weighted by Gasteiger charge is 2.30. The lowest BCUT2D eigenvalue weighted by Gasteiger charge is -2.19. The van der Waals surface area contributed by atoms with Crippen LogP contribution in [0.3, 0.4) is 0 Å². The zero-order valence-electron chi connectivity index (χ0n) is 19.7. The Kier molecular flexibility index (Phi) is 7.89. The zero-order valence-corrected chi connectivity index (χ0v) is 19.7. The van der Waals surface area contributed by atoms with E-state index in [0.29, 0.717) is 29.0 Å². The van der Waals surface area contributed by atoms with Crippen LogP contribution in [-0.4, -0.2) is 48.6 Å². The fraction of sp³-hybridized carbons (Fsp3) is 0.269. The average molecular weight is 479 g/mol. The molecule has 1 atom stereocenters. The van der Waals surface area contributed by atoms with Gasteiger partial charge in [-0.3, -0.25) is 4.79 Å². The second kappa shape index (κ2) is 10.8. The van der Waals surface area contributed by atoms with Crippen LogP contribution < -0.4 is 20.7 Å². The van der Waals surface area contributed by atoms with Crippen molar-refractivity contribution in [2.45, 2.75) is 31.9 Å². The Labute approximate surface area is 203 Å². The number of anilines is 1. The monoisotopic (exact) mass is 478 g/mol. The predicted molar refractivity (Wildman–Crippen MR) is 132 cm³/mol. The molecule has 4 N–H and O–H groups in total. The average Bonchev–Trinajstić information content (AvgIpc) is 2.93. The first-order chi connectivity index (χ1) is 16.6. The van der Waals surface area contributed by atoms with Crippen molar-refractivity contribution in [3.63, 3.8) is 0 Å². The van der Waals surface area contributed by atoms with Crippen LogP contribution in [0.15, 0.2) is 59.2 Å². The number of amides is 3. The lowest BCUT2D eigenvalue weighted by atomic mass is 10.1. The molecule has 182 valence electrons. The Bertz CT molecular complexity index is 1220. The summed E-state index contributed by atoms with van der Waals surface area (Å²) in [5, 5.41) is 12.4. The number of hydrogen-bond acceptors (Lipinski definition) is 5. The maximum Gasteiger partial charge on any atom is 0.341 e.